The maximum Gasteiger partial charge on any atom is 0.225 e. The van der Waals surface area contributed by atoms with Crippen molar-refractivity contribution in [3.05, 3.63) is 23.9 Å². The predicted molar refractivity (Wildman–Crippen MR) is 139 cm³/mol. The molecule has 2 aliphatic rings. The van der Waals surface area contributed by atoms with Crippen molar-refractivity contribution in [3.63, 3.8) is 0 Å². The van der Waals surface area contributed by atoms with E-state index >= 15 is 0 Å². The van der Waals surface area contributed by atoms with Crippen LogP contribution in [-0.4, -0.2) is 54.0 Å². The average Bonchev–Trinajstić information content (AvgIpc) is 2.78. The van der Waals surface area contributed by atoms with E-state index in [0.29, 0.717) is 18.5 Å². The number of hydrogen-bond acceptors (Lipinski definition) is 4. The van der Waals surface area contributed by atoms with E-state index in [4.69, 9.17) is 4.74 Å². The van der Waals surface area contributed by atoms with Crippen molar-refractivity contribution in [1.82, 2.24) is 20.5 Å². The van der Waals surface area contributed by atoms with E-state index in [2.05, 4.69) is 27.5 Å². The van der Waals surface area contributed by atoms with Gasteiger partial charge in [-0.2, -0.15) is 0 Å². The monoisotopic (exact) mass is 557 g/mol. The molecule has 0 atom stereocenters. The minimum absolute atomic E-state index is 0. The zero-order valence-electron chi connectivity index (χ0n) is 20.0. The van der Waals surface area contributed by atoms with Crippen LogP contribution in [0.4, 0.5) is 0 Å². The molecular formula is C24H40IN5O2. The molecule has 180 valence electrons. The summed E-state index contributed by atoms with van der Waals surface area (Å²) in [6.07, 6.45) is 8.67. The fraction of sp³-hybridized carbons (Fsp3) is 0.708. The van der Waals surface area contributed by atoms with Crippen LogP contribution >= 0.6 is 24.0 Å². The molecule has 1 amide bonds. The summed E-state index contributed by atoms with van der Waals surface area (Å²) in [4.78, 5) is 22.9. The molecule has 32 heavy (non-hydrogen) atoms. The van der Waals surface area contributed by atoms with Gasteiger partial charge in [0.2, 0.25) is 11.8 Å². The lowest BCUT2D eigenvalue weighted by Crippen LogP contribution is -2.50. The third-order valence-electron chi connectivity index (χ3n) is 6.37. The van der Waals surface area contributed by atoms with Crippen LogP contribution in [0.2, 0.25) is 0 Å². The topological polar surface area (TPSA) is 78.9 Å². The number of carbonyl (C=O) groups is 1. The molecule has 2 N–H and O–H groups in total. The lowest BCUT2D eigenvalue weighted by Gasteiger charge is -2.34. The fourth-order valence-corrected chi connectivity index (χ4v) is 4.33. The Balaban J connectivity index is 0.00000363. The van der Waals surface area contributed by atoms with Crippen LogP contribution in [0, 0.1) is 11.8 Å². The number of pyridine rings is 1. The van der Waals surface area contributed by atoms with Crippen molar-refractivity contribution >= 4 is 35.8 Å². The quantitative estimate of drug-likeness (QED) is 0.315. The molecule has 1 saturated carbocycles. The molecule has 0 bridgehead atoms. The van der Waals surface area contributed by atoms with Crippen molar-refractivity contribution in [3.8, 4) is 5.88 Å². The molecule has 8 heteroatoms. The zero-order chi connectivity index (χ0) is 22.2. The minimum Gasteiger partial charge on any atom is -0.474 e. The van der Waals surface area contributed by atoms with E-state index in [-0.39, 0.29) is 41.9 Å². The van der Waals surface area contributed by atoms with E-state index in [1.165, 1.54) is 12.8 Å². The van der Waals surface area contributed by atoms with Gasteiger partial charge in [0.1, 0.15) is 6.10 Å². The molecule has 0 radical (unpaired) electrons. The van der Waals surface area contributed by atoms with Gasteiger partial charge in [0.05, 0.1) is 0 Å². The molecular weight excluding hydrogens is 517 g/mol. The summed E-state index contributed by atoms with van der Waals surface area (Å²) in [6.45, 7) is 8.50. The summed E-state index contributed by atoms with van der Waals surface area (Å²) in [5.41, 5.74) is 1.12. The van der Waals surface area contributed by atoms with Gasteiger partial charge in [-0.1, -0.05) is 20.8 Å². The molecule has 3 rings (SSSR count). The summed E-state index contributed by atoms with van der Waals surface area (Å²) in [7, 11) is 1.79. The second kappa shape index (κ2) is 13.2. The Labute approximate surface area is 210 Å². The zero-order valence-corrected chi connectivity index (χ0v) is 22.3. The lowest BCUT2D eigenvalue weighted by atomic mass is 9.89. The molecule has 7 nitrogen and oxygen atoms in total. The number of nitrogens with one attached hydrogen (secondary N) is 2. The maximum absolute atomic E-state index is 12.2. The Morgan fingerprint density at radius 1 is 1.22 bits per heavy atom. The fourth-order valence-electron chi connectivity index (χ4n) is 4.33. The van der Waals surface area contributed by atoms with Crippen molar-refractivity contribution in [1.29, 1.82) is 0 Å². The van der Waals surface area contributed by atoms with E-state index in [9.17, 15) is 4.79 Å². The van der Waals surface area contributed by atoms with Crippen molar-refractivity contribution in [2.75, 3.05) is 20.1 Å². The highest BCUT2D eigenvalue weighted by atomic mass is 127. The van der Waals surface area contributed by atoms with Gasteiger partial charge >= 0.3 is 0 Å². The van der Waals surface area contributed by atoms with Crippen LogP contribution in [0.5, 0.6) is 5.88 Å². The largest absolute Gasteiger partial charge is 0.474 e. The molecule has 0 unspecified atom stereocenters. The Morgan fingerprint density at radius 3 is 2.53 bits per heavy atom. The summed E-state index contributed by atoms with van der Waals surface area (Å²) >= 11 is 0. The molecule has 1 aromatic rings. The Bertz CT molecular complexity index is 742. The average molecular weight is 558 g/mol. The van der Waals surface area contributed by atoms with Crippen molar-refractivity contribution in [2.45, 2.75) is 78.0 Å². The van der Waals surface area contributed by atoms with Crippen LogP contribution in [-0.2, 0) is 11.3 Å². The van der Waals surface area contributed by atoms with Gasteiger partial charge in [0.15, 0.2) is 5.96 Å². The van der Waals surface area contributed by atoms with Crippen LogP contribution < -0.4 is 15.4 Å². The minimum atomic E-state index is 0. The van der Waals surface area contributed by atoms with E-state index < -0.39 is 0 Å². The van der Waals surface area contributed by atoms with E-state index in [0.717, 1.165) is 56.2 Å². The first-order valence-electron chi connectivity index (χ1n) is 11.8. The van der Waals surface area contributed by atoms with Gasteiger partial charge in [-0.15, -0.1) is 24.0 Å². The number of aromatic nitrogens is 1. The molecule has 0 spiro atoms. The molecule has 1 saturated heterocycles. The van der Waals surface area contributed by atoms with E-state index in [1.807, 2.05) is 37.1 Å². The van der Waals surface area contributed by atoms with E-state index in [1.54, 1.807) is 7.05 Å². The third-order valence-corrected chi connectivity index (χ3v) is 6.37. The molecule has 2 heterocycles. The lowest BCUT2D eigenvalue weighted by molar-refractivity contribution is -0.135. The van der Waals surface area contributed by atoms with Gasteiger partial charge in [-0.25, -0.2) is 4.98 Å². The first-order valence-corrected chi connectivity index (χ1v) is 11.8. The Morgan fingerprint density at radius 2 is 1.91 bits per heavy atom. The number of piperidine rings is 1. The van der Waals surface area contributed by atoms with Crippen molar-refractivity contribution < 1.29 is 9.53 Å². The molecule has 0 aromatic carbocycles. The number of amides is 1. The second-order valence-electron chi connectivity index (χ2n) is 9.33. The highest BCUT2D eigenvalue weighted by Crippen LogP contribution is 2.26. The van der Waals surface area contributed by atoms with Gasteiger partial charge in [-0.3, -0.25) is 9.79 Å². The number of ether oxygens (including phenoxy) is 1. The summed E-state index contributed by atoms with van der Waals surface area (Å²) in [6, 6.07) is 4.35. The number of carbonyl (C=O) groups excluding carboxylic acids is 1. The maximum atomic E-state index is 12.2. The molecule has 1 aromatic heterocycles. The van der Waals surface area contributed by atoms with Gasteiger partial charge in [0, 0.05) is 50.9 Å². The second-order valence-corrected chi connectivity index (χ2v) is 9.33. The predicted octanol–water partition coefficient (Wildman–Crippen LogP) is 3.97. The smallest absolute Gasteiger partial charge is 0.225 e. The van der Waals surface area contributed by atoms with Crippen LogP contribution in [0.1, 0.15) is 64.9 Å². The normalized spacial score (nSPS) is 22.3. The number of likely N-dealkylation sites (tertiary alicyclic amines) is 1. The SMILES string of the molecule is CN=C(NCc1ccnc(OC2CCC(C)CC2)c1)NC1CCN(C(=O)C(C)C)CC1.I. The number of nitrogens with zero attached hydrogens (tertiary/aromatic N) is 3. The highest BCUT2D eigenvalue weighted by Gasteiger charge is 2.24. The standard InChI is InChI=1S/C24H39N5O2.HI/c1-17(2)23(30)29-13-10-20(11-14-29)28-24(25-4)27-16-19-9-12-26-22(15-19)31-21-7-5-18(3)6-8-21;/h9,12,15,17-18,20-21H,5-8,10-11,13-14,16H2,1-4H3,(H2,25,27,28);1H. The van der Waals surface area contributed by atoms with Crippen LogP contribution in [0.15, 0.2) is 23.3 Å². The summed E-state index contributed by atoms with van der Waals surface area (Å²) in [5.74, 6) is 2.62. The Hall–Kier alpha value is -1.58. The molecule has 1 aliphatic carbocycles. The third kappa shape index (κ3) is 8.08. The van der Waals surface area contributed by atoms with Crippen LogP contribution in [0.3, 0.4) is 0 Å². The van der Waals surface area contributed by atoms with Gasteiger partial charge in [-0.05, 0) is 56.1 Å². The number of halogens is 1. The van der Waals surface area contributed by atoms with Crippen molar-refractivity contribution in [2.24, 2.45) is 16.8 Å². The molecule has 2 fully saturated rings. The highest BCUT2D eigenvalue weighted by molar-refractivity contribution is 14.0. The summed E-state index contributed by atoms with van der Waals surface area (Å²) < 4.78 is 6.13. The number of guanidine groups is 1. The first kappa shape index (κ1) is 26.7. The van der Waals surface area contributed by atoms with Gasteiger partial charge in [0.25, 0.3) is 0 Å². The summed E-state index contributed by atoms with van der Waals surface area (Å²) in [5, 5.41) is 6.90. The van der Waals surface area contributed by atoms with Gasteiger partial charge < -0.3 is 20.3 Å². The number of hydrogen-bond donors (Lipinski definition) is 2. The number of aliphatic imine (C=N–C) groups is 1. The molecule has 1 aliphatic heterocycles. The van der Waals surface area contributed by atoms with Crippen LogP contribution in [0.25, 0.3) is 0 Å². The Kier molecular flexibility index (Phi) is 11.0. The number of rotatable bonds is 6. The first-order chi connectivity index (χ1) is 14.9.